The quantitative estimate of drug-likeness (QED) is 0.747. The Morgan fingerprint density at radius 1 is 1.24 bits per heavy atom. The molecule has 1 rings (SSSR count). The van der Waals surface area contributed by atoms with E-state index in [2.05, 4.69) is 0 Å². The van der Waals surface area contributed by atoms with Gasteiger partial charge >= 0.3 is 11.9 Å². The molecule has 0 aromatic heterocycles. The first-order valence-electron chi connectivity index (χ1n) is 6.86. The Kier molecular flexibility index (Phi) is 5.86. The van der Waals surface area contributed by atoms with Crippen LogP contribution in [0.2, 0.25) is 0 Å². The fourth-order valence-electron chi connectivity index (χ4n) is 2.27. The van der Waals surface area contributed by atoms with Crippen LogP contribution in [0.5, 0.6) is 0 Å². The molecule has 0 bridgehead atoms. The Hall–Kier alpha value is -1.47. The highest BCUT2D eigenvalue weighted by molar-refractivity contribution is 5.81. The average molecular weight is 302 g/mol. The molecule has 0 aromatic carbocycles. The molecule has 21 heavy (non-hydrogen) atoms. The van der Waals surface area contributed by atoms with Gasteiger partial charge in [0.1, 0.15) is 11.4 Å². The lowest BCUT2D eigenvalue weighted by Crippen LogP contribution is -2.57. The summed E-state index contributed by atoms with van der Waals surface area (Å²) in [6, 6.07) is 0. The third kappa shape index (κ3) is 5.43. The number of carbonyl (C=O) groups is 3. The van der Waals surface area contributed by atoms with Crippen LogP contribution in [0, 0.1) is 0 Å². The Bertz CT molecular complexity index is 416. The van der Waals surface area contributed by atoms with E-state index in [0.29, 0.717) is 0 Å². The molecule has 1 fully saturated rings. The van der Waals surface area contributed by atoms with Gasteiger partial charge in [0.05, 0.1) is 12.5 Å². The maximum Gasteiger partial charge on any atom is 0.306 e. The van der Waals surface area contributed by atoms with Gasteiger partial charge < -0.3 is 24.1 Å². The molecule has 0 saturated carbocycles. The van der Waals surface area contributed by atoms with Crippen LogP contribution in [0.3, 0.4) is 0 Å². The smallest absolute Gasteiger partial charge is 0.306 e. The van der Waals surface area contributed by atoms with Gasteiger partial charge in [0, 0.05) is 19.8 Å². The maximum absolute atomic E-state index is 11.7. The number of ether oxygens (including phenoxy) is 3. The van der Waals surface area contributed by atoms with Crippen molar-refractivity contribution in [3.63, 3.8) is 0 Å². The number of esters is 2. The first kappa shape index (κ1) is 17.6. The number of hydrogen-bond donors (Lipinski definition) is 1. The Labute approximate surface area is 123 Å². The first-order chi connectivity index (χ1) is 9.61. The molecule has 1 N–H and O–H groups in total. The van der Waals surface area contributed by atoms with E-state index in [1.54, 1.807) is 6.92 Å². The van der Waals surface area contributed by atoms with Crippen molar-refractivity contribution in [3.05, 3.63) is 0 Å². The summed E-state index contributed by atoms with van der Waals surface area (Å²) in [7, 11) is 0. The Morgan fingerprint density at radius 2 is 1.86 bits per heavy atom. The van der Waals surface area contributed by atoms with Gasteiger partial charge in [-0.05, 0) is 20.8 Å². The van der Waals surface area contributed by atoms with E-state index < -0.39 is 36.0 Å². The minimum Gasteiger partial charge on any atom is -0.457 e. The van der Waals surface area contributed by atoms with Gasteiger partial charge in [-0.25, -0.2) is 0 Å². The zero-order valence-electron chi connectivity index (χ0n) is 12.8. The van der Waals surface area contributed by atoms with Crippen LogP contribution < -0.4 is 0 Å². The normalized spacial score (nSPS) is 32.3. The number of rotatable bonds is 5. The van der Waals surface area contributed by atoms with Gasteiger partial charge in [-0.1, -0.05) is 0 Å². The minimum atomic E-state index is -1.39. The van der Waals surface area contributed by atoms with E-state index in [9.17, 15) is 19.5 Å². The number of Topliss-reactive ketones (excluding diaryl/α,β-unsaturated/α-hetero) is 1. The predicted octanol–water partition coefficient (Wildman–Crippen LogP) is 0.716. The van der Waals surface area contributed by atoms with Crippen LogP contribution in [-0.2, 0) is 28.6 Å². The lowest BCUT2D eigenvalue weighted by Gasteiger charge is -2.43. The van der Waals surface area contributed by atoms with Crippen molar-refractivity contribution < 1.29 is 33.7 Å². The number of carbonyl (C=O) groups excluding carboxylic acids is 3. The largest absolute Gasteiger partial charge is 0.457 e. The van der Waals surface area contributed by atoms with E-state index in [4.69, 9.17) is 14.2 Å². The first-order valence-corrected chi connectivity index (χ1v) is 6.86. The highest BCUT2D eigenvalue weighted by Crippen LogP contribution is 2.32. The zero-order chi connectivity index (χ0) is 16.2. The molecule has 0 spiro atoms. The molecule has 0 amide bonds. The fraction of sp³-hybridized carbons (Fsp3) is 0.786. The van der Waals surface area contributed by atoms with Crippen LogP contribution in [0.4, 0.5) is 0 Å². The fourth-order valence-corrected chi connectivity index (χ4v) is 2.27. The molecule has 120 valence electrons. The molecule has 1 aliphatic rings. The highest BCUT2D eigenvalue weighted by atomic mass is 16.7. The van der Waals surface area contributed by atoms with E-state index in [1.807, 2.05) is 0 Å². The summed E-state index contributed by atoms with van der Waals surface area (Å²) in [5, 5.41) is 10.4. The molecule has 0 aromatic rings. The van der Waals surface area contributed by atoms with E-state index in [1.165, 1.54) is 20.8 Å². The number of ketones is 1. The van der Waals surface area contributed by atoms with E-state index >= 15 is 0 Å². The third-order valence-corrected chi connectivity index (χ3v) is 3.22. The van der Waals surface area contributed by atoms with Crippen LogP contribution >= 0.6 is 0 Å². The van der Waals surface area contributed by atoms with Crippen LogP contribution in [-0.4, -0.2) is 46.9 Å². The maximum atomic E-state index is 11.7. The topological polar surface area (TPSA) is 99.1 Å². The average Bonchev–Trinajstić information content (AvgIpc) is 2.29. The van der Waals surface area contributed by atoms with Crippen LogP contribution in [0.25, 0.3) is 0 Å². The predicted molar refractivity (Wildman–Crippen MR) is 71.1 cm³/mol. The molecule has 1 saturated heterocycles. The molecule has 0 radical (unpaired) electrons. The summed E-state index contributed by atoms with van der Waals surface area (Å²) in [5.41, 5.74) is -1.39. The molecule has 0 unspecified atom stereocenters. The molecule has 4 atom stereocenters. The second-order valence-electron chi connectivity index (χ2n) is 5.55. The second-order valence-corrected chi connectivity index (χ2v) is 5.55. The van der Waals surface area contributed by atoms with Crippen molar-refractivity contribution in [2.75, 3.05) is 0 Å². The van der Waals surface area contributed by atoms with Crippen molar-refractivity contribution in [2.45, 2.75) is 71.1 Å². The molecule has 1 aliphatic heterocycles. The molecule has 7 nitrogen and oxygen atoms in total. The van der Waals surface area contributed by atoms with Gasteiger partial charge in [-0.2, -0.15) is 0 Å². The highest BCUT2D eigenvalue weighted by Gasteiger charge is 2.47. The lowest BCUT2D eigenvalue weighted by molar-refractivity contribution is -0.269. The monoisotopic (exact) mass is 302 g/mol. The van der Waals surface area contributed by atoms with Crippen molar-refractivity contribution in [2.24, 2.45) is 0 Å². The SMILES string of the molecule is CC(=O)CCC(=O)O[C@H]1[C@H](C)O[C@H](OC(C)=O)C[C@@]1(C)O. The molecule has 1 heterocycles. The van der Waals surface area contributed by atoms with E-state index in [0.717, 1.165) is 0 Å². The van der Waals surface area contributed by atoms with Crippen molar-refractivity contribution in [1.82, 2.24) is 0 Å². The molecule has 0 aliphatic carbocycles. The van der Waals surface area contributed by atoms with Gasteiger partial charge in [0.15, 0.2) is 6.10 Å². The number of aliphatic hydroxyl groups is 1. The van der Waals surface area contributed by atoms with E-state index in [-0.39, 0.29) is 25.0 Å². The third-order valence-electron chi connectivity index (χ3n) is 3.22. The van der Waals surface area contributed by atoms with Crippen LogP contribution in [0.1, 0.15) is 47.0 Å². The zero-order valence-corrected chi connectivity index (χ0v) is 12.8. The van der Waals surface area contributed by atoms with Gasteiger partial charge in [0.2, 0.25) is 6.29 Å². The minimum absolute atomic E-state index is 0.00156. The molecular formula is C14H22O7. The molecular weight excluding hydrogens is 280 g/mol. The van der Waals surface area contributed by atoms with Crippen LogP contribution in [0.15, 0.2) is 0 Å². The lowest BCUT2D eigenvalue weighted by atomic mass is 9.88. The summed E-state index contributed by atoms with van der Waals surface area (Å²) in [6.45, 7) is 5.74. The number of hydrogen-bond acceptors (Lipinski definition) is 7. The second kappa shape index (κ2) is 7.00. The van der Waals surface area contributed by atoms with Crippen molar-refractivity contribution in [3.8, 4) is 0 Å². The summed E-state index contributed by atoms with van der Waals surface area (Å²) >= 11 is 0. The van der Waals surface area contributed by atoms with Crippen molar-refractivity contribution in [1.29, 1.82) is 0 Å². The Balaban J connectivity index is 2.64. The molecule has 7 heteroatoms. The summed E-state index contributed by atoms with van der Waals surface area (Å²) < 4.78 is 15.6. The van der Waals surface area contributed by atoms with Crippen molar-refractivity contribution >= 4 is 17.7 Å². The van der Waals surface area contributed by atoms with Gasteiger partial charge in [-0.15, -0.1) is 0 Å². The van der Waals surface area contributed by atoms with Gasteiger partial charge in [0.25, 0.3) is 0 Å². The standard InChI is InChI=1S/C14H22O7/c1-8(15)5-6-11(17)21-13-9(2)19-12(20-10(3)16)7-14(13,4)18/h9,12-13,18H,5-7H2,1-4H3/t9-,12+,13-,14+/m0/s1. The van der Waals surface area contributed by atoms with Gasteiger partial charge in [-0.3, -0.25) is 9.59 Å². The summed E-state index contributed by atoms with van der Waals surface area (Å²) in [4.78, 5) is 33.5. The summed E-state index contributed by atoms with van der Waals surface area (Å²) in [5.74, 6) is -1.20. The summed E-state index contributed by atoms with van der Waals surface area (Å²) in [6.07, 6.45) is -2.34. The Morgan fingerprint density at radius 3 is 2.33 bits per heavy atom.